The number of rotatable bonds is 6. The van der Waals surface area contributed by atoms with E-state index in [9.17, 15) is 4.79 Å². The highest BCUT2D eigenvalue weighted by atomic mass is 32.1. The molecule has 2 aromatic carbocycles. The van der Waals surface area contributed by atoms with E-state index >= 15 is 0 Å². The third-order valence-corrected chi connectivity index (χ3v) is 4.37. The van der Waals surface area contributed by atoms with Crippen molar-refractivity contribution in [2.45, 2.75) is 34.1 Å². The molecule has 2 rings (SSSR count). The van der Waals surface area contributed by atoms with Crippen molar-refractivity contribution in [1.82, 2.24) is 5.32 Å². The van der Waals surface area contributed by atoms with Crippen molar-refractivity contribution in [3.8, 4) is 5.75 Å². The Balaban J connectivity index is 2.03. The van der Waals surface area contributed by atoms with E-state index in [-0.39, 0.29) is 11.0 Å². The van der Waals surface area contributed by atoms with E-state index in [0.717, 1.165) is 23.2 Å². The molecule has 0 fully saturated rings. The van der Waals surface area contributed by atoms with Crippen molar-refractivity contribution in [1.29, 1.82) is 0 Å². The third kappa shape index (κ3) is 5.56. The number of ether oxygens (including phenoxy) is 1. The molecule has 0 heterocycles. The molecule has 0 aliphatic rings. The van der Waals surface area contributed by atoms with Gasteiger partial charge >= 0.3 is 0 Å². The average Bonchev–Trinajstić information content (AvgIpc) is 2.59. The van der Waals surface area contributed by atoms with E-state index in [0.29, 0.717) is 23.8 Å². The van der Waals surface area contributed by atoms with E-state index in [1.54, 1.807) is 12.1 Å². The number of para-hydroxylation sites is 1. The number of carbonyl (C=O) groups is 1. The fourth-order valence-electron chi connectivity index (χ4n) is 2.40. The van der Waals surface area contributed by atoms with Gasteiger partial charge in [0.1, 0.15) is 5.75 Å². The second kappa shape index (κ2) is 9.34. The normalized spacial score (nSPS) is 10.5. The van der Waals surface area contributed by atoms with Crippen LogP contribution >= 0.6 is 12.2 Å². The quantitative estimate of drug-likeness (QED) is 0.713. The molecule has 138 valence electrons. The van der Waals surface area contributed by atoms with Gasteiger partial charge in [0.05, 0.1) is 12.2 Å². The Morgan fingerprint density at radius 2 is 1.85 bits per heavy atom. The summed E-state index contributed by atoms with van der Waals surface area (Å²) in [6, 6.07) is 13.1. The minimum absolute atomic E-state index is 0.265. The molecule has 0 aliphatic heterocycles. The van der Waals surface area contributed by atoms with Gasteiger partial charge in [0, 0.05) is 5.69 Å². The zero-order chi connectivity index (χ0) is 19.1. The van der Waals surface area contributed by atoms with Gasteiger partial charge in [0.2, 0.25) is 0 Å². The van der Waals surface area contributed by atoms with Crippen molar-refractivity contribution in [3.63, 3.8) is 0 Å². The van der Waals surface area contributed by atoms with Crippen molar-refractivity contribution in [2.24, 2.45) is 5.92 Å². The monoisotopic (exact) mass is 370 g/mol. The number of aryl methyl sites for hydroxylation is 1. The smallest absolute Gasteiger partial charge is 0.261 e. The lowest BCUT2D eigenvalue weighted by Gasteiger charge is -2.15. The second-order valence-electron chi connectivity index (χ2n) is 6.68. The maximum absolute atomic E-state index is 12.6. The number of amides is 1. The molecule has 26 heavy (non-hydrogen) atoms. The average molecular weight is 371 g/mol. The van der Waals surface area contributed by atoms with Gasteiger partial charge in [-0.3, -0.25) is 10.1 Å². The summed E-state index contributed by atoms with van der Waals surface area (Å²) in [6.45, 7) is 8.90. The van der Waals surface area contributed by atoms with Crippen LogP contribution < -0.4 is 15.4 Å². The maximum Gasteiger partial charge on any atom is 0.261 e. The first-order valence-electron chi connectivity index (χ1n) is 8.79. The van der Waals surface area contributed by atoms with Crippen LogP contribution in [0.5, 0.6) is 5.75 Å². The molecule has 0 atom stereocenters. The summed E-state index contributed by atoms with van der Waals surface area (Å²) in [5.74, 6) is 0.832. The standard InChI is InChI=1S/C21H26N2O2S/c1-14(2)12-13-25-19-11-6-5-9-17(19)20(24)23-21(26)22-18-10-7-8-15(3)16(18)4/h5-11,14H,12-13H2,1-4H3,(H2,22,23,24,26). The molecule has 0 saturated heterocycles. The number of hydrogen-bond acceptors (Lipinski definition) is 3. The number of anilines is 1. The van der Waals surface area contributed by atoms with Crippen molar-refractivity contribution >= 4 is 28.9 Å². The number of carbonyl (C=O) groups excluding carboxylic acids is 1. The summed E-state index contributed by atoms with van der Waals surface area (Å²) in [7, 11) is 0. The molecular weight excluding hydrogens is 344 g/mol. The zero-order valence-corrected chi connectivity index (χ0v) is 16.6. The predicted octanol–water partition coefficient (Wildman–Crippen LogP) is 4.86. The largest absolute Gasteiger partial charge is 0.493 e. The number of nitrogens with one attached hydrogen (secondary N) is 2. The maximum atomic E-state index is 12.6. The van der Waals surface area contributed by atoms with Gasteiger partial charge in [-0.25, -0.2) is 0 Å². The predicted molar refractivity (Wildman–Crippen MR) is 111 cm³/mol. The molecule has 4 nitrogen and oxygen atoms in total. The molecule has 5 heteroatoms. The SMILES string of the molecule is Cc1cccc(NC(=S)NC(=O)c2ccccc2OCCC(C)C)c1C. The van der Waals surface area contributed by atoms with Gasteiger partial charge in [-0.1, -0.05) is 38.1 Å². The van der Waals surface area contributed by atoms with Crippen LogP contribution in [0.25, 0.3) is 0 Å². The van der Waals surface area contributed by atoms with Crippen LogP contribution in [0.1, 0.15) is 41.8 Å². The van der Waals surface area contributed by atoms with E-state index in [1.165, 1.54) is 0 Å². The molecule has 2 aromatic rings. The van der Waals surface area contributed by atoms with Gasteiger partial charge in [0.25, 0.3) is 5.91 Å². The van der Waals surface area contributed by atoms with Crippen LogP contribution in [-0.4, -0.2) is 17.6 Å². The molecule has 0 radical (unpaired) electrons. The highest BCUT2D eigenvalue weighted by molar-refractivity contribution is 7.80. The Hall–Kier alpha value is -2.40. The van der Waals surface area contributed by atoms with Gasteiger partial charge in [-0.2, -0.15) is 0 Å². The lowest BCUT2D eigenvalue weighted by atomic mass is 10.1. The topological polar surface area (TPSA) is 50.4 Å². The van der Waals surface area contributed by atoms with Crippen molar-refractivity contribution in [2.75, 3.05) is 11.9 Å². The van der Waals surface area contributed by atoms with Crippen molar-refractivity contribution < 1.29 is 9.53 Å². The first-order valence-corrected chi connectivity index (χ1v) is 9.19. The molecule has 0 spiro atoms. The van der Waals surface area contributed by atoms with E-state index < -0.39 is 0 Å². The molecular formula is C21H26N2O2S. The summed E-state index contributed by atoms with van der Waals surface area (Å²) in [5, 5.41) is 6.08. The summed E-state index contributed by atoms with van der Waals surface area (Å²) in [6.07, 6.45) is 0.933. The van der Waals surface area contributed by atoms with Gasteiger partial charge < -0.3 is 10.1 Å². The molecule has 0 saturated carbocycles. The summed E-state index contributed by atoms with van der Waals surface area (Å²) < 4.78 is 5.78. The third-order valence-electron chi connectivity index (χ3n) is 4.16. The van der Waals surface area contributed by atoms with E-state index in [1.807, 2.05) is 44.2 Å². The van der Waals surface area contributed by atoms with Gasteiger partial charge in [0.15, 0.2) is 5.11 Å². The molecule has 0 bridgehead atoms. The molecule has 2 N–H and O–H groups in total. The first kappa shape index (κ1) is 19.9. The number of thiocarbonyl (C=S) groups is 1. The minimum Gasteiger partial charge on any atom is -0.493 e. The fraction of sp³-hybridized carbons (Fsp3) is 0.333. The lowest BCUT2D eigenvalue weighted by Crippen LogP contribution is -2.34. The highest BCUT2D eigenvalue weighted by Crippen LogP contribution is 2.20. The molecule has 0 unspecified atom stereocenters. The van der Waals surface area contributed by atoms with Gasteiger partial charge in [-0.15, -0.1) is 0 Å². The van der Waals surface area contributed by atoms with Crippen LogP contribution in [-0.2, 0) is 0 Å². The Morgan fingerprint density at radius 3 is 2.58 bits per heavy atom. The molecule has 1 amide bonds. The van der Waals surface area contributed by atoms with Crippen LogP contribution in [0.15, 0.2) is 42.5 Å². The molecule has 0 aromatic heterocycles. The van der Waals surface area contributed by atoms with Crippen LogP contribution in [0.3, 0.4) is 0 Å². The van der Waals surface area contributed by atoms with Crippen LogP contribution in [0, 0.1) is 19.8 Å². The minimum atomic E-state index is -0.284. The summed E-state index contributed by atoms with van der Waals surface area (Å²) in [5.41, 5.74) is 3.62. The van der Waals surface area contributed by atoms with Crippen LogP contribution in [0.4, 0.5) is 5.69 Å². The lowest BCUT2D eigenvalue weighted by molar-refractivity contribution is 0.0973. The van der Waals surface area contributed by atoms with Gasteiger partial charge in [-0.05, 0) is 67.7 Å². The Bertz CT molecular complexity index is 787. The molecule has 0 aliphatic carbocycles. The summed E-state index contributed by atoms with van der Waals surface area (Å²) >= 11 is 5.30. The Labute approximate surface area is 161 Å². The fourth-order valence-corrected chi connectivity index (χ4v) is 2.60. The van der Waals surface area contributed by atoms with Crippen molar-refractivity contribution in [3.05, 3.63) is 59.2 Å². The first-order chi connectivity index (χ1) is 12.4. The highest BCUT2D eigenvalue weighted by Gasteiger charge is 2.14. The number of benzene rings is 2. The van der Waals surface area contributed by atoms with E-state index in [2.05, 4.69) is 24.5 Å². The zero-order valence-electron chi connectivity index (χ0n) is 15.8. The Morgan fingerprint density at radius 1 is 1.12 bits per heavy atom. The Kier molecular flexibility index (Phi) is 7.16. The second-order valence-corrected chi connectivity index (χ2v) is 7.09. The summed E-state index contributed by atoms with van der Waals surface area (Å²) in [4.78, 5) is 12.6. The van der Waals surface area contributed by atoms with E-state index in [4.69, 9.17) is 17.0 Å². The van der Waals surface area contributed by atoms with Crippen LogP contribution in [0.2, 0.25) is 0 Å². The number of hydrogen-bond donors (Lipinski definition) is 2.